The number of rotatable bonds is 5. The minimum absolute atomic E-state index is 0.424. The molecule has 20 heavy (non-hydrogen) atoms. The number of hydrogen-bond acceptors (Lipinski definition) is 3. The molecule has 0 aromatic rings. The van der Waals surface area contributed by atoms with Crippen molar-refractivity contribution in [1.82, 2.24) is 10.2 Å². The van der Waals surface area contributed by atoms with E-state index in [1.807, 2.05) is 6.92 Å². The standard InChI is InChI=1S/C16H30N2O2/c1-3-17-16(15(19)20)11-10-14(12-16)18(2)13-8-6-4-5-7-9-13/h13-14,17H,3-12H2,1-2H3,(H,19,20). The van der Waals surface area contributed by atoms with Crippen molar-refractivity contribution in [2.75, 3.05) is 13.6 Å². The molecular formula is C16H30N2O2. The van der Waals surface area contributed by atoms with Crippen molar-refractivity contribution in [2.24, 2.45) is 0 Å². The van der Waals surface area contributed by atoms with E-state index >= 15 is 0 Å². The highest BCUT2D eigenvalue weighted by Crippen LogP contribution is 2.35. The Morgan fingerprint density at radius 1 is 1.20 bits per heavy atom. The van der Waals surface area contributed by atoms with Crippen LogP contribution in [0.5, 0.6) is 0 Å². The average Bonchev–Trinajstić information content (AvgIpc) is 2.68. The molecule has 0 aromatic carbocycles. The Morgan fingerprint density at radius 3 is 2.40 bits per heavy atom. The third-order valence-electron chi connectivity index (χ3n) is 5.39. The first kappa shape index (κ1) is 15.8. The molecule has 0 radical (unpaired) electrons. The number of likely N-dealkylation sites (N-methyl/N-ethyl adjacent to an activating group) is 1. The van der Waals surface area contributed by atoms with E-state index in [1.54, 1.807) is 0 Å². The number of carboxylic acid groups (broad SMARTS) is 1. The number of aliphatic carboxylic acids is 1. The van der Waals surface area contributed by atoms with Gasteiger partial charge in [-0.15, -0.1) is 0 Å². The van der Waals surface area contributed by atoms with Crippen LogP contribution >= 0.6 is 0 Å². The third kappa shape index (κ3) is 3.34. The fourth-order valence-electron chi connectivity index (χ4n) is 4.10. The molecule has 4 nitrogen and oxygen atoms in total. The molecule has 0 amide bonds. The van der Waals surface area contributed by atoms with Crippen LogP contribution in [0.25, 0.3) is 0 Å². The molecule has 116 valence electrons. The van der Waals surface area contributed by atoms with Gasteiger partial charge in [-0.05, 0) is 45.7 Å². The predicted octanol–water partition coefficient (Wildman–Crippen LogP) is 2.63. The zero-order valence-electron chi connectivity index (χ0n) is 13.0. The van der Waals surface area contributed by atoms with Crippen LogP contribution in [0.4, 0.5) is 0 Å². The molecule has 0 aliphatic heterocycles. The zero-order valence-corrected chi connectivity index (χ0v) is 13.0. The molecule has 2 N–H and O–H groups in total. The Morgan fingerprint density at radius 2 is 1.85 bits per heavy atom. The number of nitrogens with one attached hydrogen (secondary N) is 1. The molecule has 0 saturated heterocycles. The van der Waals surface area contributed by atoms with E-state index < -0.39 is 11.5 Å². The summed E-state index contributed by atoms with van der Waals surface area (Å²) < 4.78 is 0. The highest BCUT2D eigenvalue weighted by molar-refractivity contribution is 5.79. The first-order valence-corrected chi connectivity index (χ1v) is 8.29. The molecule has 0 aromatic heterocycles. The minimum Gasteiger partial charge on any atom is -0.480 e. The lowest BCUT2D eigenvalue weighted by atomic mass is 9.96. The second-order valence-electron chi connectivity index (χ2n) is 6.63. The molecule has 2 aliphatic carbocycles. The number of carbonyl (C=O) groups is 1. The fraction of sp³-hybridized carbons (Fsp3) is 0.938. The van der Waals surface area contributed by atoms with E-state index in [1.165, 1.54) is 38.5 Å². The molecule has 2 atom stereocenters. The van der Waals surface area contributed by atoms with Crippen LogP contribution < -0.4 is 5.32 Å². The van der Waals surface area contributed by atoms with Gasteiger partial charge in [-0.1, -0.05) is 32.6 Å². The van der Waals surface area contributed by atoms with Crippen molar-refractivity contribution in [2.45, 2.75) is 82.3 Å². The fourth-order valence-corrected chi connectivity index (χ4v) is 4.10. The van der Waals surface area contributed by atoms with Crippen LogP contribution in [-0.4, -0.2) is 47.2 Å². The van der Waals surface area contributed by atoms with Crippen LogP contribution in [0.2, 0.25) is 0 Å². The van der Waals surface area contributed by atoms with Crippen molar-refractivity contribution in [1.29, 1.82) is 0 Å². The lowest BCUT2D eigenvalue weighted by molar-refractivity contribution is -0.144. The summed E-state index contributed by atoms with van der Waals surface area (Å²) in [5, 5.41) is 12.8. The smallest absolute Gasteiger partial charge is 0.323 e. The van der Waals surface area contributed by atoms with E-state index in [-0.39, 0.29) is 0 Å². The molecule has 2 fully saturated rings. The van der Waals surface area contributed by atoms with Gasteiger partial charge < -0.3 is 15.3 Å². The molecule has 0 heterocycles. The summed E-state index contributed by atoms with van der Waals surface area (Å²) in [5.41, 5.74) is -0.682. The van der Waals surface area contributed by atoms with E-state index in [0.717, 1.165) is 25.8 Å². The summed E-state index contributed by atoms with van der Waals surface area (Å²) in [7, 11) is 2.21. The van der Waals surface area contributed by atoms with Crippen molar-refractivity contribution in [3.63, 3.8) is 0 Å². The van der Waals surface area contributed by atoms with Crippen molar-refractivity contribution in [3.8, 4) is 0 Å². The Labute approximate surface area is 122 Å². The average molecular weight is 282 g/mol. The van der Waals surface area contributed by atoms with Crippen LogP contribution in [-0.2, 0) is 4.79 Å². The SMILES string of the molecule is CCNC1(C(=O)O)CCC(N(C)C2CCCCCC2)C1. The molecule has 4 heteroatoms. The summed E-state index contributed by atoms with van der Waals surface area (Å²) >= 11 is 0. The van der Waals surface area contributed by atoms with Crippen LogP contribution in [0.1, 0.15) is 64.7 Å². The minimum atomic E-state index is -0.682. The summed E-state index contributed by atoms with van der Waals surface area (Å²) in [6.07, 6.45) is 10.5. The van der Waals surface area contributed by atoms with Crippen molar-refractivity contribution < 1.29 is 9.90 Å². The van der Waals surface area contributed by atoms with E-state index in [2.05, 4.69) is 17.3 Å². The molecule has 2 saturated carbocycles. The Hall–Kier alpha value is -0.610. The summed E-state index contributed by atoms with van der Waals surface area (Å²) in [6, 6.07) is 1.09. The van der Waals surface area contributed by atoms with Gasteiger partial charge in [0, 0.05) is 12.1 Å². The van der Waals surface area contributed by atoms with Crippen LogP contribution in [0.3, 0.4) is 0 Å². The normalized spacial score (nSPS) is 32.5. The van der Waals surface area contributed by atoms with Crippen molar-refractivity contribution in [3.05, 3.63) is 0 Å². The number of carboxylic acids is 1. The maximum atomic E-state index is 11.6. The molecule has 0 bridgehead atoms. The van der Waals surface area contributed by atoms with Crippen LogP contribution in [0.15, 0.2) is 0 Å². The van der Waals surface area contributed by atoms with Gasteiger partial charge in [0.2, 0.25) is 0 Å². The van der Waals surface area contributed by atoms with Gasteiger partial charge in [0.05, 0.1) is 0 Å². The van der Waals surface area contributed by atoms with E-state index in [9.17, 15) is 9.90 Å². The number of nitrogens with zero attached hydrogens (tertiary/aromatic N) is 1. The third-order valence-corrected chi connectivity index (χ3v) is 5.39. The van der Waals surface area contributed by atoms with Gasteiger partial charge in [-0.2, -0.15) is 0 Å². The highest BCUT2D eigenvalue weighted by atomic mass is 16.4. The molecule has 2 rings (SSSR count). The van der Waals surface area contributed by atoms with E-state index in [4.69, 9.17) is 0 Å². The van der Waals surface area contributed by atoms with Gasteiger partial charge in [0.25, 0.3) is 0 Å². The first-order valence-electron chi connectivity index (χ1n) is 8.29. The summed E-state index contributed by atoms with van der Waals surface area (Å²) in [6.45, 7) is 2.72. The molecule has 2 aliphatic rings. The quantitative estimate of drug-likeness (QED) is 0.761. The van der Waals surface area contributed by atoms with Gasteiger partial charge >= 0.3 is 5.97 Å². The van der Waals surface area contributed by atoms with Gasteiger partial charge in [-0.3, -0.25) is 4.79 Å². The summed E-state index contributed by atoms with van der Waals surface area (Å²) in [4.78, 5) is 14.1. The van der Waals surface area contributed by atoms with Gasteiger partial charge in [0.1, 0.15) is 5.54 Å². The van der Waals surface area contributed by atoms with Crippen molar-refractivity contribution >= 4 is 5.97 Å². The maximum Gasteiger partial charge on any atom is 0.323 e. The Bertz CT molecular complexity index is 326. The molecule has 2 unspecified atom stereocenters. The lowest BCUT2D eigenvalue weighted by Crippen LogP contribution is -2.51. The number of hydrogen-bond donors (Lipinski definition) is 2. The summed E-state index contributed by atoms with van der Waals surface area (Å²) in [5.74, 6) is -0.670. The second kappa shape index (κ2) is 6.90. The Kier molecular flexibility index (Phi) is 5.44. The van der Waals surface area contributed by atoms with Gasteiger partial charge in [0.15, 0.2) is 0 Å². The van der Waals surface area contributed by atoms with Crippen LogP contribution in [0, 0.1) is 0 Å². The second-order valence-corrected chi connectivity index (χ2v) is 6.63. The highest BCUT2D eigenvalue weighted by Gasteiger charge is 2.46. The Balaban J connectivity index is 1.98. The predicted molar refractivity (Wildman–Crippen MR) is 80.9 cm³/mol. The zero-order chi connectivity index (χ0) is 14.6. The monoisotopic (exact) mass is 282 g/mol. The largest absolute Gasteiger partial charge is 0.480 e. The first-order chi connectivity index (χ1) is 9.59. The topological polar surface area (TPSA) is 52.6 Å². The molecule has 0 spiro atoms. The van der Waals surface area contributed by atoms with Gasteiger partial charge in [-0.25, -0.2) is 0 Å². The molecular weight excluding hydrogens is 252 g/mol. The van der Waals surface area contributed by atoms with E-state index in [0.29, 0.717) is 12.1 Å². The lowest BCUT2D eigenvalue weighted by Gasteiger charge is -2.34. The maximum absolute atomic E-state index is 11.6.